The average Bonchev–Trinajstić information content (AvgIpc) is 2.47. The van der Waals surface area contributed by atoms with Crippen LogP contribution in [-0.4, -0.2) is 50.0 Å². The van der Waals surface area contributed by atoms with Crippen LogP contribution in [0.25, 0.3) is 0 Å². The van der Waals surface area contributed by atoms with Crippen LogP contribution in [0.5, 0.6) is 5.75 Å². The van der Waals surface area contributed by atoms with E-state index in [0.717, 1.165) is 15.8 Å². The largest absolute Gasteiger partial charge is 0.496 e. The molecule has 128 valence electrons. The second-order valence-corrected chi connectivity index (χ2v) is 6.23. The smallest absolute Gasteiger partial charge is 0.242 e. The maximum atomic E-state index is 12.0. The molecule has 0 aliphatic carbocycles. The minimum Gasteiger partial charge on any atom is -0.496 e. The molecule has 7 heteroatoms. The summed E-state index contributed by atoms with van der Waals surface area (Å²) in [6.07, 6.45) is 0. The van der Waals surface area contributed by atoms with Gasteiger partial charge in [-0.3, -0.25) is 14.5 Å². The molecule has 2 N–H and O–H groups in total. The number of carbonyl (C=O) groups excluding carboxylic acids is 2. The number of ether oxygens (including phenoxy) is 1. The monoisotopic (exact) mass is 385 g/mol. The minimum atomic E-state index is -0.545. The van der Waals surface area contributed by atoms with E-state index in [2.05, 4.69) is 26.6 Å². The molecule has 1 aromatic rings. The number of rotatable bonds is 8. The van der Waals surface area contributed by atoms with Crippen LogP contribution in [0.2, 0.25) is 0 Å². The van der Waals surface area contributed by atoms with Crippen molar-refractivity contribution in [3.8, 4) is 5.75 Å². The fourth-order valence-electron chi connectivity index (χ4n) is 2.14. The molecular weight excluding hydrogens is 362 g/mol. The van der Waals surface area contributed by atoms with Gasteiger partial charge in [0.25, 0.3) is 0 Å². The third kappa shape index (κ3) is 6.58. The Kier molecular flexibility index (Phi) is 8.05. The third-order valence-electron chi connectivity index (χ3n) is 3.22. The third-order valence-corrected chi connectivity index (χ3v) is 3.71. The van der Waals surface area contributed by atoms with E-state index in [0.29, 0.717) is 13.1 Å². The number of amides is 2. The van der Waals surface area contributed by atoms with E-state index in [1.54, 1.807) is 14.0 Å². The number of hydrogen-bond donors (Lipinski definition) is 2. The summed E-state index contributed by atoms with van der Waals surface area (Å²) in [6.45, 7) is 4.80. The van der Waals surface area contributed by atoms with E-state index >= 15 is 0 Å². The van der Waals surface area contributed by atoms with Gasteiger partial charge in [0.15, 0.2) is 0 Å². The van der Waals surface area contributed by atoms with Crippen LogP contribution in [0.15, 0.2) is 22.7 Å². The van der Waals surface area contributed by atoms with Gasteiger partial charge in [-0.15, -0.1) is 0 Å². The summed E-state index contributed by atoms with van der Waals surface area (Å²) in [4.78, 5) is 25.5. The quantitative estimate of drug-likeness (QED) is 0.711. The molecule has 2 amide bonds. The Balaban J connectivity index is 2.56. The van der Waals surface area contributed by atoms with E-state index in [9.17, 15) is 9.59 Å². The Hall–Kier alpha value is -1.60. The fraction of sp³-hybridized carbons (Fsp3) is 0.500. The number of nitrogens with zero attached hydrogens (tertiary/aromatic N) is 1. The summed E-state index contributed by atoms with van der Waals surface area (Å²) in [5.74, 6) is 0.397. The van der Waals surface area contributed by atoms with Crippen molar-refractivity contribution >= 4 is 27.7 Å². The van der Waals surface area contributed by atoms with Gasteiger partial charge in [-0.25, -0.2) is 0 Å². The molecule has 1 aromatic carbocycles. The van der Waals surface area contributed by atoms with Crippen LogP contribution >= 0.6 is 15.9 Å². The molecule has 0 bridgehead atoms. The van der Waals surface area contributed by atoms with E-state index < -0.39 is 6.04 Å². The lowest BCUT2D eigenvalue weighted by atomic mass is 10.2. The first-order chi connectivity index (χ1) is 10.9. The van der Waals surface area contributed by atoms with Crippen molar-refractivity contribution in [2.24, 2.45) is 0 Å². The Morgan fingerprint density at radius 2 is 2.09 bits per heavy atom. The van der Waals surface area contributed by atoms with Crippen LogP contribution in [0.4, 0.5) is 0 Å². The molecule has 0 aliphatic heterocycles. The maximum absolute atomic E-state index is 12.0. The highest BCUT2D eigenvalue weighted by Crippen LogP contribution is 2.23. The van der Waals surface area contributed by atoms with Gasteiger partial charge in [0, 0.05) is 23.1 Å². The number of likely N-dealkylation sites (N-methyl/N-ethyl adjacent to an activating group) is 2. The highest BCUT2D eigenvalue weighted by atomic mass is 79.9. The van der Waals surface area contributed by atoms with Crippen molar-refractivity contribution in [1.82, 2.24) is 15.5 Å². The summed E-state index contributed by atoms with van der Waals surface area (Å²) in [5.41, 5.74) is 0.981. The molecular formula is C16H24BrN3O3. The van der Waals surface area contributed by atoms with Gasteiger partial charge in [-0.1, -0.05) is 15.9 Å². The molecule has 0 aliphatic rings. The van der Waals surface area contributed by atoms with Crippen LogP contribution in [0, 0.1) is 0 Å². The summed E-state index contributed by atoms with van der Waals surface area (Å²) in [6, 6.07) is 5.20. The first-order valence-electron chi connectivity index (χ1n) is 7.45. The lowest BCUT2D eigenvalue weighted by molar-refractivity contribution is -0.129. The summed E-state index contributed by atoms with van der Waals surface area (Å²) in [7, 11) is 3.46. The molecule has 0 saturated carbocycles. The van der Waals surface area contributed by atoms with Crippen molar-refractivity contribution in [2.75, 3.05) is 27.2 Å². The van der Waals surface area contributed by atoms with E-state index in [-0.39, 0.29) is 18.4 Å². The molecule has 1 rings (SSSR count). The van der Waals surface area contributed by atoms with Crippen LogP contribution in [-0.2, 0) is 16.1 Å². The number of benzene rings is 1. The summed E-state index contributed by atoms with van der Waals surface area (Å²) >= 11 is 3.43. The van der Waals surface area contributed by atoms with Gasteiger partial charge < -0.3 is 15.4 Å². The Bertz CT molecular complexity index is 551. The number of carbonyl (C=O) groups is 2. The highest BCUT2D eigenvalue weighted by Gasteiger charge is 2.16. The van der Waals surface area contributed by atoms with Crippen molar-refractivity contribution in [2.45, 2.75) is 26.4 Å². The number of hydrogen-bond acceptors (Lipinski definition) is 4. The normalized spacial score (nSPS) is 11.9. The first kappa shape index (κ1) is 19.4. The van der Waals surface area contributed by atoms with E-state index in [4.69, 9.17) is 4.74 Å². The Morgan fingerprint density at radius 1 is 1.39 bits per heavy atom. The topological polar surface area (TPSA) is 70.7 Å². The predicted octanol–water partition coefficient (Wildman–Crippen LogP) is 1.53. The summed E-state index contributed by atoms with van der Waals surface area (Å²) in [5, 5.41) is 5.36. The second-order valence-electron chi connectivity index (χ2n) is 5.31. The van der Waals surface area contributed by atoms with Gasteiger partial charge >= 0.3 is 0 Å². The van der Waals surface area contributed by atoms with Gasteiger partial charge in [0.05, 0.1) is 13.7 Å². The SMILES string of the molecule is CCNC(=O)[C@H](C)NC(=O)CN(C)Cc1cc(Br)ccc1OC. The average molecular weight is 386 g/mol. The Morgan fingerprint density at radius 3 is 2.70 bits per heavy atom. The molecule has 0 unspecified atom stereocenters. The lowest BCUT2D eigenvalue weighted by Gasteiger charge is -2.20. The molecule has 6 nitrogen and oxygen atoms in total. The van der Waals surface area contributed by atoms with Gasteiger partial charge in [-0.2, -0.15) is 0 Å². The molecule has 0 aromatic heterocycles. The van der Waals surface area contributed by atoms with Crippen LogP contribution < -0.4 is 15.4 Å². The van der Waals surface area contributed by atoms with Crippen molar-refractivity contribution in [3.05, 3.63) is 28.2 Å². The predicted molar refractivity (Wildman–Crippen MR) is 93.3 cm³/mol. The Labute approximate surface area is 145 Å². The molecule has 1 atom stereocenters. The number of nitrogens with one attached hydrogen (secondary N) is 2. The zero-order valence-electron chi connectivity index (χ0n) is 14.0. The molecule has 0 radical (unpaired) electrons. The van der Waals surface area contributed by atoms with Crippen molar-refractivity contribution < 1.29 is 14.3 Å². The minimum absolute atomic E-state index is 0.183. The van der Waals surface area contributed by atoms with Gasteiger partial charge in [-0.05, 0) is 39.1 Å². The van der Waals surface area contributed by atoms with Crippen molar-refractivity contribution in [3.63, 3.8) is 0 Å². The fourth-order valence-corrected chi connectivity index (χ4v) is 2.55. The molecule has 0 fully saturated rings. The standard InChI is InChI=1S/C16H24BrN3O3/c1-5-18-16(22)11(2)19-15(21)10-20(3)9-12-8-13(17)6-7-14(12)23-4/h6-8,11H,5,9-10H2,1-4H3,(H,18,22)(H,19,21)/t11-/m0/s1. The van der Waals surface area contributed by atoms with Crippen molar-refractivity contribution in [1.29, 1.82) is 0 Å². The molecule has 0 heterocycles. The van der Waals surface area contributed by atoms with E-state index in [1.165, 1.54) is 0 Å². The van der Waals surface area contributed by atoms with E-state index in [1.807, 2.05) is 37.1 Å². The lowest BCUT2D eigenvalue weighted by Crippen LogP contribution is -2.47. The number of halogens is 1. The zero-order valence-corrected chi connectivity index (χ0v) is 15.6. The zero-order chi connectivity index (χ0) is 17.4. The first-order valence-corrected chi connectivity index (χ1v) is 8.24. The van der Waals surface area contributed by atoms with Gasteiger partial charge in [0.2, 0.25) is 11.8 Å². The van der Waals surface area contributed by atoms with Gasteiger partial charge in [0.1, 0.15) is 11.8 Å². The van der Waals surface area contributed by atoms with Crippen LogP contribution in [0.1, 0.15) is 19.4 Å². The molecule has 0 saturated heterocycles. The second kappa shape index (κ2) is 9.52. The highest BCUT2D eigenvalue weighted by molar-refractivity contribution is 9.10. The maximum Gasteiger partial charge on any atom is 0.242 e. The molecule has 0 spiro atoms. The number of methoxy groups -OCH3 is 1. The summed E-state index contributed by atoms with van der Waals surface area (Å²) < 4.78 is 6.28. The molecule has 23 heavy (non-hydrogen) atoms. The van der Waals surface area contributed by atoms with Crippen LogP contribution in [0.3, 0.4) is 0 Å².